The Morgan fingerprint density at radius 2 is 2.28 bits per heavy atom. The first-order valence-corrected chi connectivity index (χ1v) is 5.66. The maximum absolute atomic E-state index is 11.8. The number of rotatable bonds is 3. The fourth-order valence-corrected chi connectivity index (χ4v) is 1.91. The van der Waals surface area contributed by atoms with E-state index in [9.17, 15) is 4.79 Å². The van der Waals surface area contributed by atoms with Gasteiger partial charge < -0.3 is 10.3 Å². The topological polar surface area (TPSA) is 73.6 Å². The van der Waals surface area contributed by atoms with Crippen LogP contribution in [0.15, 0.2) is 42.9 Å². The zero-order chi connectivity index (χ0) is 12.4. The van der Waals surface area contributed by atoms with Gasteiger partial charge in [-0.1, -0.05) is 12.1 Å². The molecule has 0 spiro atoms. The molecular weight excluding hydrogens is 228 g/mol. The number of anilines is 1. The molecule has 0 aliphatic heterocycles. The minimum atomic E-state index is -0.0534. The van der Waals surface area contributed by atoms with E-state index in [2.05, 4.69) is 20.5 Å². The molecule has 3 aromatic rings. The third kappa shape index (κ3) is 2.10. The van der Waals surface area contributed by atoms with Crippen LogP contribution in [0.4, 0.5) is 5.69 Å². The molecule has 0 aliphatic carbocycles. The number of nitrogens with one attached hydrogen (secondary N) is 3. The molecule has 0 atom stereocenters. The van der Waals surface area contributed by atoms with Gasteiger partial charge in [-0.2, -0.15) is 5.10 Å². The maximum atomic E-state index is 11.8. The van der Waals surface area contributed by atoms with Gasteiger partial charge in [0.15, 0.2) is 0 Å². The van der Waals surface area contributed by atoms with Gasteiger partial charge in [-0.3, -0.25) is 9.89 Å². The van der Waals surface area contributed by atoms with Crippen molar-refractivity contribution in [2.75, 3.05) is 5.32 Å². The second-order valence-corrected chi connectivity index (χ2v) is 4.11. The summed E-state index contributed by atoms with van der Waals surface area (Å²) in [5, 5.41) is 10.3. The quantitative estimate of drug-likeness (QED) is 0.655. The summed E-state index contributed by atoms with van der Waals surface area (Å²) in [6.07, 6.45) is 5.46. The highest BCUT2D eigenvalue weighted by Crippen LogP contribution is 2.15. The van der Waals surface area contributed by atoms with Crippen molar-refractivity contribution in [3.05, 3.63) is 48.4 Å². The van der Waals surface area contributed by atoms with Crippen LogP contribution in [0, 0.1) is 0 Å². The van der Waals surface area contributed by atoms with Crippen LogP contribution in [-0.4, -0.2) is 21.1 Å². The zero-order valence-corrected chi connectivity index (χ0v) is 9.60. The van der Waals surface area contributed by atoms with Gasteiger partial charge in [0.1, 0.15) is 0 Å². The smallest absolute Gasteiger partial charge is 0.228 e. The van der Waals surface area contributed by atoms with Crippen molar-refractivity contribution in [2.45, 2.75) is 6.42 Å². The lowest BCUT2D eigenvalue weighted by Gasteiger charge is -2.02. The molecule has 2 aromatic heterocycles. The van der Waals surface area contributed by atoms with Crippen molar-refractivity contribution in [1.29, 1.82) is 0 Å². The molecule has 0 saturated heterocycles. The van der Waals surface area contributed by atoms with Crippen LogP contribution in [0.2, 0.25) is 0 Å². The zero-order valence-electron chi connectivity index (χ0n) is 9.60. The molecule has 1 amide bonds. The number of aromatic amines is 2. The van der Waals surface area contributed by atoms with Crippen LogP contribution in [0.1, 0.15) is 5.56 Å². The molecule has 90 valence electrons. The highest BCUT2D eigenvalue weighted by molar-refractivity contribution is 5.92. The van der Waals surface area contributed by atoms with Crippen LogP contribution in [0.5, 0.6) is 0 Å². The summed E-state index contributed by atoms with van der Waals surface area (Å²) in [6.45, 7) is 0. The Bertz CT molecular complexity index is 669. The Kier molecular flexibility index (Phi) is 2.57. The second kappa shape index (κ2) is 4.37. The lowest BCUT2D eigenvalue weighted by Crippen LogP contribution is -2.13. The first kappa shape index (κ1) is 10.6. The molecule has 3 rings (SSSR count). The molecule has 2 heterocycles. The monoisotopic (exact) mass is 240 g/mol. The summed E-state index contributed by atoms with van der Waals surface area (Å²) in [4.78, 5) is 14.9. The summed E-state index contributed by atoms with van der Waals surface area (Å²) in [7, 11) is 0. The van der Waals surface area contributed by atoms with Crippen LogP contribution in [0.3, 0.4) is 0 Å². The number of amides is 1. The van der Waals surface area contributed by atoms with E-state index in [0.29, 0.717) is 12.1 Å². The fraction of sp³-hybridized carbons (Fsp3) is 0.0769. The standard InChI is InChI=1S/C13H12N4O/c18-13(17-11-7-15-16-8-11)6-9-1-2-10-3-4-14-12(10)5-9/h1-5,7-8,14H,6H2,(H,15,16)(H,17,18). The minimum absolute atomic E-state index is 0.0534. The third-order valence-electron chi connectivity index (χ3n) is 2.77. The molecule has 0 radical (unpaired) electrons. The van der Waals surface area contributed by atoms with Gasteiger partial charge in [-0.25, -0.2) is 0 Å². The van der Waals surface area contributed by atoms with E-state index < -0.39 is 0 Å². The predicted octanol–water partition coefficient (Wildman–Crippen LogP) is 2.07. The Balaban J connectivity index is 1.73. The molecule has 0 fully saturated rings. The Morgan fingerprint density at radius 3 is 3.11 bits per heavy atom. The number of nitrogens with zero attached hydrogens (tertiary/aromatic N) is 1. The maximum Gasteiger partial charge on any atom is 0.228 e. The van der Waals surface area contributed by atoms with Gasteiger partial charge in [-0.15, -0.1) is 0 Å². The van der Waals surface area contributed by atoms with Gasteiger partial charge in [0.05, 0.1) is 18.3 Å². The Labute approximate surface area is 103 Å². The van der Waals surface area contributed by atoms with Gasteiger partial charge in [0.2, 0.25) is 5.91 Å². The number of fused-ring (bicyclic) bond motifs is 1. The summed E-state index contributed by atoms with van der Waals surface area (Å²) in [5.74, 6) is -0.0534. The molecule has 0 saturated carbocycles. The first-order valence-electron chi connectivity index (χ1n) is 5.66. The molecule has 18 heavy (non-hydrogen) atoms. The van der Waals surface area contributed by atoms with Gasteiger partial charge >= 0.3 is 0 Å². The number of H-pyrrole nitrogens is 2. The van der Waals surface area contributed by atoms with Gasteiger partial charge in [0, 0.05) is 17.9 Å². The van der Waals surface area contributed by atoms with Crippen molar-refractivity contribution in [1.82, 2.24) is 15.2 Å². The van der Waals surface area contributed by atoms with Gasteiger partial charge in [-0.05, 0) is 23.1 Å². The summed E-state index contributed by atoms with van der Waals surface area (Å²) in [5.41, 5.74) is 2.70. The van der Waals surface area contributed by atoms with Crippen molar-refractivity contribution in [3.63, 3.8) is 0 Å². The van der Waals surface area contributed by atoms with E-state index in [1.807, 2.05) is 30.5 Å². The Hall–Kier alpha value is -2.56. The number of benzene rings is 1. The normalized spacial score (nSPS) is 10.7. The van der Waals surface area contributed by atoms with Crippen LogP contribution in [0.25, 0.3) is 10.9 Å². The molecule has 5 heteroatoms. The average Bonchev–Trinajstić information content (AvgIpc) is 2.98. The molecular formula is C13H12N4O. The minimum Gasteiger partial charge on any atom is -0.361 e. The lowest BCUT2D eigenvalue weighted by molar-refractivity contribution is -0.115. The molecule has 5 nitrogen and oxygen atoms in total. The third-order valence-corrected chi connectivity index (χ3v) is 2.77. The van der Waals surface area contributed by atoms with E-state index >= 15 is 0 Å². The summed E-state index contributed by atoms with van der Waals surface area (Å²) >= 11 is 0. The van der Waals surface area contributed by atoms with Crippen LogP contribution < -0.4 is 5.32 Å². The summed E-state index contributed by atoms with van der Waals surface area (Å²) < 4.78 is 0. The molecule has 3 N–H and O–H groups in total. The second-order valence-electron chi connectivity index (χ2n) is 4.11. The van der Waals surface area contributed by atoms with E-state index in [1.54, 1.807) is 12.4 Å². The largest absolute Gasteiger partial charge is 0.361 e. The van der Waals surface area contributed by atoms with Gasteiger partial charge in [0.25, 0.3) is 0 Å². The predicted molar refractivity (Wildman–Crippen MR) is 69.2 cm³/mol. The fourth-order valence-electron chi connectivity index (χ4n) is 1.91. The Morgan fingerprint density at radius 1 is 1.33 bits per heavy atom. The van der Waals surface area contributed by atoms with E-state index in [1.165, 1.54) is 0 Å². The van der Waals surface area contributed by atoms with Crippen molar-refractivity contribution in [3.8, 4) is 0 Å². The number of hydrogen-bond donors (Lipinski definition) is 3. The van der Waals surface area contributed by atoms with Crippen molar-refractivity contribution >= 4 is 22.5 Å². The summed E-state index contributed by atoms with van der Waals surface area (Å²) in [6, 6.07) is 7.96. The number of carbonyl (C=O) groups excluding carboxylic acids is 1. The van der Waals surface area contributed by atoms with E-state index in [-0.39, 0.29) is 5.91 Å². The average molecular weight is 240 g/mol. The lowest BCUT2D eigenvalue weighted by atomic mass is 10.1. The van der Waals surface area contributed by atoms with Crippen LogP contribution >= 0.6 is 0 Å². The van der Waals surface area contributed by atoms with Crippen molar-refractivity contribution in [2.24, 2.45) is 0 Å². The number of carbonyl (C=O) groups is 1. The van der Waals surface area contributed by atoms with E-state index in [4.69, 9.17) is 0 Å². The first-order chi connectivity index (χ1) is 8.81. The molecule has 0 aliphatic rings. The number of hydrogen-bond acceptors (Lipinski definition) is 2. The molecule has 1 aromatic carbocycles. The number of aromatic nitrogens is 3. The van der Waals surface area contributed by atoms with Crippen molar-refractivity contribution < 1.29 is 4.79 Å². The highest BCUT2D eigenvalue weighted by Gasteiger charge is 2.05. The SMILES string of the molecule is O=C(Cc1ccc2cc[nH]c2c1)Nc1cn[nH]c1. The van der Waals surface area contributed by atoms with E-state index in [0.717, 1.165) is 16.5 Å². The molecule has 0 bridgehead atoms. The van der Waals surface area contributed by atoms with Crippen LogP contribution in [-0.2, 0) is 11.2 Å². The molecule has 0 unspecified atom stereocenters. The highest BCUT2D eigenvalue weighted by atomic mass is 16.1.